The first-order chi connectivity index (χ1) is 15.8. The van der Waals surface area contributed by atoms with Crippen LogP contribution in [0.5, 0.6) is 0 Å². The predicted octanol–water partition coefficient (Wildman–Crippen LogP) is 5.83. The fourth-order valence-electron chi connectivity index (χ4n) is 3.20. The summed E-state index contributed by atoms with van der Waals surface area (Å²) in [6.45, 7) is 2.90. The van der Waals surface area contributed by atoms with Gasteiger partial charge in [-0.05, 0) is 42.5 Å². The van der Waals surface area contributed by atoms with Crippen LogP contribution in [0.15, 0.2) is 71.5 Å². The molecule has 1 aromatic carbocycles. The third-order valence-electron chi connectivity index (χ3n) is 4.94. The van der Waals surface area contributed by atoms with E-state index in [9.17, 15) is 13.2 Å². The average molecular weight is 493 g/mol. The quantitative estimate of drug-likeness (QED) is 0.455. The topological polar surface area (TPSA) is 63.7 Å². The van der Waals surface area contributed by atoms with Crippen molar-refractivity contribution in [2.45, 2.75) is 6.18 Å². The van der Waals surface area contributed by atoms with Crippen molar-refractivity contribution in [1.82, 2.24) is 4.98 Å². The van der Waals surface area contributed by atoms with Gasteiger partial charge < -0.3 is 15.4 Å². The molecule has 1 fully saturated rings. The lowest BCUT2D eigenvalue weighted by Gasteiger charge is -2.27. The van der Waals surface area contributed by atoms with Crippen LogP contribution >= 0.6 is 22.9 Å². The molecule has 0 unspecified atom stereocenters. The van der Waals surface area contributed by atoms with Crippen molar-refractivity contribution >= 4 is 40.2 Å². The molecule has 1 aliphatic heterocycles. The number of allylic oxidation sites excluding steroid dienone is 2. The van der Waals surface area contributed by atoms with Crippen LogP contribution in [0.4, 0.5) is 24.7 Å². The van der Waals surface area contributed by atoms with Crippen LogP contribution in [0.3, 0.4) is 0 Å². The molecule has 3 aromatic rings. The van der Waals surface area contributed by atoms with E-state index in [4.69, 9.17) is 22.1 Å². The minimum Gasteiger partial charge on any atom is -0.395 e. The van der Waals surface area contributed by atoms with Crippen LogP contribution in [0.2, 0.25) is 5.02 Å². The van der Waals surface area contributed by atoms with Gasteiger partial charge in [-0.1, -0.05) is 23.7 Å². The van der Waals surface area contributed by atoms with Crippen molar-refractivity contribution in [3.8, 4) is 10.4 Å². The van der Waals surface area contributed by atoms with Crippen molar-refractivity contribution in [3.05, 3.63) is 76.4 Å². The second kappa shape index (κ2) is 9.94. The minimum absolute atomic E-state index is 0.0760. The third kappa shape index (κ3) is 5.73. The molecule has 0 atom stereocenters. The molecule has 4 rings (SSSR count). The number of benzene rings is 1. The van der Waals surface area contributed by atoms with E-state index >= 15 is 0 Å². The molecule has 2 N–H and O–H groups in total. The Bertz CT molecular complexity index is 1170. The highest BCUT2D eigenvalue weighted by Gasteiger charge is 2.32. The summed E-state index contributed by atoms with van der Waals surface area (Å²) in [5, 5.41) is 0.327. The highest BCUT2D eigenvalue weighted by atomic mass is 35.5. The molecule has 3 heterocycles. The number of ether oxygens (including phenoxy) is 1. The van der Waals surface area contributed by atoms with E-state index in [0.717, 1.165) is 35.4 Å². The highest BCUT2D eigenvalue weighted by Crippen LogP contribution is 2.32. The van der Waals surface area contributed by atoms with Gasteiger partial charge in [0.2, 0.25) is 0 Å². The molecule has 0 radical (unpaired) electrons. The summed E-state index contributed by atoms with van der Waals surface area (Å²) in [4.78, 5) is 12.4. The number of nitrogens with zero attached hydrogens (tertiary/aromatic N) is 3. The summed E-state index contributed by atoms with van der Waals surface area (Å²) < 4.78 is 44.7. The maximum Gasteiger partial charge on any atom is 0.430 e. The first kappa shape index (κ1) is 23.3. The molecule has 5 nitrogen and oxygen atoms in total. The van der Waals surface area contributed by atoms with Gasteiger partial charge in [-0.3, -0.25) is 0 Å². The summed E-state index contributed by atoms with van der Waals surface area (Å²) >= 11 is 7.46. The first-order valence-electron chi connectivity index (χ1n) is 10.1. The Kier molecular flexibility index (Phi) is 7.02. The second-order valence-corrected chi connectivity index (χ2v) is 8.71. The number of para-hydroxylation sites is 1. The summed E-state index contributed by atoms with van der Waals surface area (Å²) in [6, 6.07) is 14.1. The zero-order valence-corrected chi connectivity index (χ0v) is 18.9. The van der Waals surface area contributed by atoms with Crippen LogP contribution in [0.1, 0.15) is 4.88 Å². The second-order valence-electron chi connectivity index (χ2n) is 7.21. The Hall–Kier alpha value is -2.88. The van der Waals surface area contributed by atoms with Gasteiger partial charge in [0.15, 0.2) is 0 Å². The number of rotatable bonds is 5. The maximum absolute atomic E-state index is 13.1. The third-order valence-corrected chi connectivity index (χ3v) is 6.42. The van der Waals surface area contributed by atoms with E-state index in [-0.39, 0.29) is 5.71 Å². The van der Waals surface area contributed by atoms with Crippen molar-refractivity contribution in [2.24, 2.45) is 10.7 Å². The molecule has 0 saturated carbocycles. The summed E-state index contributed by atoms with van der Waals surface area (Å²) in [5.41, 5.74) is 5.34. The Morgan fingerprint density at radius 1 is 1.12 bits per heavy atom. The van der Waals surface area contributed by atoms with Crippen LogP contribution in [-0.4, -0.2) is 43.2 Å². The molecule has 0 aliphatic carbocycles. The van der Waals surface area contributed by atoms with Crippen LogP contribution in [0.25, 0.3) is 10.4 Å². The fraction of sp³-hybridized carbons (Fsp3) is 0.217. The smallest absolute Gasteiger partial charge is 0.395 e. The lowest BCUT2D eigenvalue weighted by molar-refractivity contribution is -0.0925. The average Bonchev–Trinajstić information content (AvgIpc) is 3.30. The first-order valence-corrected chi connectivity index (χ1v) is 11.3. The Morgan fingerprint density at radius 2 is 1.88 bits per heavy atom. The maximum atomic E-state index is 13.1. The molecule has 1 saturated heterocycles. The van der Waals surface area contributed by atoms with Crippen LogP contribution < -0.4 is 10.6 Å². The van der Waals surface area contributed by atoms with E-state index in [1.54, 1.807) is 36.5 Å². The number of alkyl halides is 3. The minimum atomic E-state index is -4.67. The predicted molar refractivity (Wildman–Crippen MR) is 127 cm³/mol. The Balaban J connectivity index is 1.66. The highest BCUT2D eigenvalue weighted by molar-refractivity contribution is 7.17. The molecule has 0 bridgehead atoms. The zero-order chi connectivity index (χ0) is 23.4. The molecular formula is C23H20ClF3N4OS. The van der Waals surface area contributed by atoms with E-state index < -0.39 is 11.9 Å². The molecule has 10 heteroatoms. The molecule has 33 heavy (non-hydrogen) atoms. The number of anilines is 1. The van der Waals surface area contributed by atoms with Crippen LogP contribution in [-0.2, 0) is 4.74 Å². The molecule has 2 aromatic heterocycles. The molecule has 1 aliphatic rings. The standard InChI is InChI=1S/C23H20ClF3N4OS/c24-16-3-1-2-4-17(16)30-18(13-21(28)23(25,26)27)20-7-6-19(33-20)15-5-8-22(29-14-15)31-9-11-32-12-10-31/h1-8,13-14H,9-12,28H2. The van der Waals surface area contributed by atoms with E-state index in [2.05, 4.69) is 14.9 Å². The number of hydrogen-bond acceptors (Lipinski definition) is 6. The van der Waals surface area contributed by atoms with Gasteiger partial charge in [-0.15, -0.1) is 11.3 Å². The van der Waals surface area contributed by atoms with Gasteiger partial charge in [0.1, 0.15) is 11.5 Å². The SMILES string of the molecule is NC(=CC(=Nc1ccccc1Cl)c1ccc(-c2ccc(N3CCOCC3)nc2)s1)C(F)(F)F. The normalized spacial score (nSPS) is 15.7. The summed E-state index contributed by atoms with van der Waals surface area (Å²) in [6.07, 6.45) is -2.08. The van der Waals surface area contributed by atoms with Crippen molar-refractivity contribution < 1.29 is 17.9 Å². The lowest BCUT2D eigenvalue weighted by atomic mass is 10.2. The number of pyridine rings is 1. The van der Waals surface area contributed by atoms with E-state index in [1.165, 1.54) is 11.3 Å². The largest absolute Gasteiger partial charge is 0.430 e. The molecule has 172 valence electrons. The fourth-order valence-corrected chi connectivity index (χ4v) is 4.34. The lowest BCUT2D eigenvalue weighted by Crippen LogP contribution is -2.36. The Morgan fingerprint density at radius 3 is 2.55 bits per heavy atom. The van der Waals surface area contributed by atoms with Gasteiger partial charge in [0.05, 0.1) is 34.5 Å². The number of nitrogens with two attached hydrogens (primary N) is 1. The van der Waals surface area contributed by atoms with Crippen molar-refractivity contribution in [2.75, 3.05) is 31.2 Å². The molecule has 0 amide bonds. The van der Waals surface area contributed by atoms with E-state index in [0.29, 0.717) is 28.8 Å². The summed E-state index contributed by atoms with van der Waals surface area (Å²) in [7, 11) is 0. The molecule has 0 spiro atoms. The van der Waals surface area contributed by atoms with Gasteiger partial charge >= 0.3 is 6.18 Å². The number of aliphatic imine (C=N–C) groups is 1. The molecular weight excluding hydrogens is 473 g/mol. The monoisotopic (exact) mass is 492 g/mol. The number of thiophene rings is 1. The van der Waals surface area contributed by atoms with Gasteiger partial charge in [0.25, 0.3) is 0 Å². The number of aromatic nitrogens is 1. The number of hydrogen-bond donors (Lipinski definition) is 1. The van der Waals surface area contributed by atoms with Crippen LogP contribution in [0, 0.1) is 0 Å². The van der Waals surface area contributed by atoms with E-state index in [1.807, 2.05) is 18.2 Å². The van der Waals surface area contributed by atoms with Crippen molar-refractivity contribution in [3.63, 3.8) is 0 Å². The van der Waals surface area contributed by atoms with Gasteiger partial charge in [0, 0.05) is 29.7 Å². The Labute approximate surface area is 198 Å². The summed E-state index contributed by atoms with van der Waals surface area (Å²) in [5.74, 6) is 0.862. The number of morpholine rings is 1. The van der Waals surface area contributed by atoms with Gasteiger partial charge in [-0.25, -0.2) is 9.98 Å². The van der Waals surface area contributed by atoms with Crippen molar-refractivity contribution in [1.29, 1.82) is 0 Å². The zero-order valence-electron chi connectivity index (χ0n) is 17.3. The van der Waals surface area contributed by atoms with Gasteiger partial charge in [-0.2, -0.15) is 13.2 Å². The number of halogens is 4.